The fraction of sp³-hybridized carbons (Fsp3) is 0.294. The molecule has 0 fully saturated rings. The molecule has 0 aliphatic rings. The molecule has 3 aromatic rings. The molecule has 0 saturated carbocycles. The van der Waals surface area contributed by atoms with Crippen LogP contribution in [0.25, 0.3) is 21.8 Å². The quantitative estimate of drug-likeness (QED) is 0.716. The first-order chi connectivity index (χ1) is 10.3. The molecule has 0 saturated heterocycles. The van der Waals surface area contributed by atoms with Crippen LogP contribution < -0.4 is 0 Å². The molecule has 116 valence electrons. The summed E-state index contributed by atoms with van der Waals surface area (Å²) in [5.41, 5.74) is 4.67. The molecule has 2 N–H and O–H groups in total. The van der Waals surface area contributed by atoms with Crippen molar-refractivity contribution in [2.24, 2.45) is 0 Å². The van der Waals surface area contributed by atoms with E-state index in [-0.39, 0.29) is 6.16 Å². The van der Waals surface area contributed by atoms with Gasteiger partial charge in [0.15, 0.2) is 0 Å². The molecule has 0 radical (unpaired) electrons. The Bertz CT molecular complexity index is 832. The molecule has 0 aliphatic heterocycles. The number of aromatic nitrogens is 1. The van der Waals surface area contributed by atoms with Crippen molar-refractivity contribution in [1.82, 2.24) is 4.57 Å². The number of benzene rings is 2. The fourth-order valence-corrected chi connectivity index (χ4v) is 3.56. The van der Waals surface area contributed by atoms with E-state index in [1.54, 1.807) is 0 Å². The second-order valence-electron chi connectivity index (χ2n) is 5.93. The number of fused-ring (bicyclic) bond motifs is 3. The Morgan fingerprint density at radius 2 is 1.45 bits per heavy atom. The van der Waals surface area contributed by atoms with Crippen LogP contribution in [-0.4, -0.2) is 20.5 Å². The van der Waals surface area contributed by atoms with Crippen molar-refractivity contribution in [3.63, 3.8) is 0 Å². The third-order valence-electron chi connectivity index (χ3n) is 4.01. The maximum atomic E-state index is 11.1. The van der Waals surface area contributed by atoms with E-state index in [2.05, 4.69) is 54.8 Å². The predicted octanol–water partition coefficient (Wildman–Crippen LogP) is 3.98. The summed E-state index contributed by atoms with van der Waals surface area (Å²) in [6.07, 6.45) is 0.386. The van der Waals surface area contributed by atoms with Crippen molar-refractivity contribution in [3.05, 3.63) is 47.5 Å². The van der Waals surface area contributed by atoms with Crippen LogP contribution in [0.2, 0.25) is 0 Å². The highest BCUT2D eigenvalue weighted by molar-refractivity contribution is 7.51. The minimum Gasteiger partial charge on any atom is -0.340 e. The molecular formula is C17H20NO3P. The number of hydrogen-bond donors (Lipinski definition) is 2. The van der Waals surface area contributed by atoms with Crippen LogP contribution in [0.15, 0.2) is 36.4 Å². The molecule has 5 heteroatoms. The van der Waals surface area contributed by atoms with Crippen molar-refractivity contribution < 1.29 is 14.4 Å². The van der Waals surface area contributed by atoms with Gasteiger partial charge in [0.1, 0.15) is 0 Å². The zero-order valence-electron chi connectivity index (χ0n) is 12.8. The molecule has 0 spiro atoms. The number of rotatable bonds is 4. The Morgan fingerprint density at radius 1 is 0.955 bits per heavy atom. The Kier molecular flexibility index (Phi) is 3.85. The van der Waals surface area contributed by atoms with Crippen molar-refractivity contribution >= 4 is 29.4 Å². The van der Waals surface area contributed by atoms with E-state index in [0.717, 1.165) is 11.0 Å². The molecule has 0 aliphatic carbocycles. The third kappa shape index (κ3) is 2.95. The maximum Gasteiger partial charge on any atom is 0.325 e. The van der Waals surface area contributed by atoms with Gasteiger partial charge in [-0.05, 0) is 44.5 Å². The maximum absolute atomic E-state index is 11.1. The van der Waals surface area contributed by atoms with Crippen LogP contribution in [0.3, 0.4) is 0 Å². The van der Waals surface area contributed by atoms with E-state index in [9.17, 15) is 4.57 Å². The van der Waals surface area contributed by atoms with E-state index < -0.39 is 7.60 Å². The summed E-state index contributed by atoms with van der Waals surface area (Å²) in [5, 5.41) is 2.41. The first kappa shape index (κ1) is 15.3. The van der Waals surface area contributed by atoms with Crippen LogP contribution >= 0.6 is 7.60 Å². The van der Waals surface area contributed by atoms with E-state index in [1.807, 2.05) is 0 Å². The molecule has 4 nitrogen and oxygen atoms in total. The molecular weight excluding hydrogens is 297 g/mol. The van der Waals surface area contributed by atoms with E-state index in [0.29, 0.717) is 13.0 Å². The van der Waals surface area contributed by atoms with Gasteiger partial charge in [-0.2, -0.15) is 0 Å². The molecule has 0 atom stereocenters. The van der Waals surface area contributed by atoms with Crippen molar-refractivity contribution in [1.29, 1.82) is 0 Å². The fourth-order valence-electron chi connectivity index (χ4n) is 3.01. The minimum absolute atomic E-state index is 0.0775. The van der Waals surface area contributed by atoms with Crippen molar-refractivity contribution in [2.45, 2.75) is 26.8 Å². The first-order valence-corrected chi connectivity index (χ1v) is 9.19. The summed E-state index contributed by atoms with van der Waals surface area (Å²) in [6, 6.07) is 12.7. The van der Waals surface area contributed by atoms with E-state index in [4.69, 9.17) is 9.79 Å². The van der Waals surface area contributed by atoms with Gasteiger partial charge in [-0.1, -0.05) is 23.3 Å². The largest absolute Gasteiger partial charge is 0.340 e. The summed E-state index contributed by atoms with van der Waals surface area (Å²) in [6.45, 7) is 4.76. The van der Waals surface area contributed by atoms with Crippen LogP contribution in [0.5, 0.6) is 0 Å². The Morgan fingerprint density at radius 3 is 1.91 bits per heavy atom. The predicted molar refractivity (Wildman–Crippen MR) is 90.4 cm³/mol. The second-order valence-corrected chi connectivity index (χ2v) is 7.71. The van der Waals surface area contributed by atoms with E-state index in [1.165, 1.54) is 21.9 Å². The number of hydrogen-bond acceptors (Lipinski definition) is 1. The van der Waals surface area contributed by atoms with Gasteiger partial charge < -0.3 is 14.4 Å². The molecule has 0 bridgehead atoms. The standard InChI is InChI=1S/C17H20NO3P/c1-12-4-6-16-14(10-12)15-11-13(2)5-7-17(15)18(16)8-3-9-22(19,20)21/h4-7,10-11H,3,8-9H2,1-2H3,(H2,19,20,21). The highest BCUT2D eigenvalue weighted by Crippen LogP contribution is 2.36. The highest BCUT2D eigenvalue weighted by atomic mass is 31.2. The molecule has 22 heavy (non-hydrogen) atoms. The molecule has 0 amide bonds. The molecule has 3 rings (SSSR count). The SMILES string of the molecule is Cc1ccc2c(c1)c1cc(C)ccc1n2CCCP(=O)(O)O. The summed E-state index contributed by atoms with van der Waals surface area (Å²) in [5.74, 6) is 0. The number of aryl methyl sites for hydroxylation is 3. The zero-order chi connectivity index (χ0) is 15.9. The van der Waals surface area contributed by atoms with Gasteiger partial charge >= 0.3 is 7.60 Å². The van der Waals surface area contributed by atoms with Crippen LogP contribution in [0.4, 0.5) is 0 Å². The molecule has 2 aromatic carbocycles. The lowest BCUT2D eigenvalue weighted by atomic mass is 10.1. The van der Waals surface area contributed by atoms with Gasteiger partial charge in [-0.3, -0.25) is 4.57 Å². The third-order valence-corrected chi connectivity index (χ3v) is 4.91. The molecule has 1 heterocycles. The Labute approximate surface area is 129 Å². The normalized spacial score (nSPS) is 12.4. The van der Waals surface area contributed by atoms with Gasteiger partial charge in [0.25, 0.3) is 0 Å². The Hall–Kier alpha value is -1.61. The van der Waals surface area contributed by atoms with E-state index >= 15 is 0 Å². The second kappa shape index (κ2) is 5.54. The summed E-state index contributed by atoms with van der Waals surface area (Å²) < 4.78 is 13.2. The van der Waals surface area contributed by atoms with Gasteiger partial charge in [0.05, 0.1) is 6.16 Å². The van der Waals surface area contributed by atoms with Gasteiger partial charge in [-0.25, -0.2) is 0 Å². The average molecular weight is 317 g/mol. The zero-order valence-corrected chi connectivity index (χ0v) is 13.7. The average Bonchev–Trinajstić information content (AvgIpc) is 2.71. The Balaban J connectivity index is 2.12. The van der Waals surface area contributed by atoms with Gasteiger partial charge in [0, 0.05) is 28.4 Å². The highest BCUT2D eigenvalue weighted by Gasteiger charge is 2.14. The first-order valence-electron chi connectivity index (χ1n) is 7.39. The smallest absolute Gasteiger partial charge is 0.325 e. The molecule has 0 unspecified atom stereocenters. The van der Waals surface area contributed by atoms with Crippen LogP contribution in [0.1, 0.15) is 17.5 Å². The lowest BCUT2D eigenvalue weighted by molar-refractivity contribution is 0.370. The summed E-state index contributed by atoms with van der Waals surface area (Å²) >= 11 is 0. The lowest BCUT2D eigenvalue weighted by Crippen LogP contribution is -2.00. The summed E-state index contributed by atoms with van der Waals surface area (Å²) in [7, 11) is -3.93. The summed E-state index contributed by atoms with van der Waals surface area (Å²) in [4.78, 5) is 18.1. The van der Waals surface area contributed by atoms with Crippen LogP contribution in [-0.2, 0) is 11.1 Å². The lowest BCUT2D eigenvalue weighted by Gasteiger charge is -2.08. The van der Waals surface area contributed by atoms with Gasteiger partial charge in [0.2, 0.25) is 0 Å². The molecule has 1 aromatic heterocycles. The topological polar surface area (TPSA) is 62.5 Å². The minimum atomic E-state index is -3.93. The monoisotopic (exact) mass is 317 g/mol. The van der Waals surface area contributed by atoms with Crippen molar-refractivity contribution in [3.8, 4) is 0 Å². The van der Waals surface area contributed by atoms with Gasteiger partial charge in [-0.15, -0.1) is 0 Å². The number of nitrogens with zero attached hydrogens (tertiary/aromatic N) is 1. The van der Waals surface area contributed by atoms with Crippen LogP contribution in [0, 0.1) is 13.8 Å². The van der Waals surface area contributed by atoms with Crippen molar-refractivity contribution in [2.75, 3.05) is 6.16 Å².